The molecule has 0 bridgehead atoms. The summed E-state index contributed by atoms with van der Waals surface area (Å²) in [5.74, 6) is 0.780. The summed E-state index contributed by atoms with van der Waals surface area (Å²) in [6.45, 7) is 16.4. The van der Waals surface area contributed by atoms with Gasteiger partial charge in [0.05, 0.1) is 6.04 Å². The maximum atomic E-state index is 11.9. The van der Waals surface area contributed by atoms with Crippen molar-refractivity contribution in [3.63, 3.8) is 0 Å². The lowest BCUT2D eigenvalue weighted by Crippen LogP contribution is -2.63. The zero-order valence-electron chi connectivity index (χ0n) is 16.8. The predicted octanol–water partition coefficient (Wildman–Crippen LogP) is 2.12. The van der Waals surface area contributed by atoms with Crippen molar-refractivity contribution < 1.29 is 9.53 Å². The third-order valence-electron chi connectivity index (χ3n) is 4.10. The topological polar surface area (TPSA) is 69.2 Å². The summed E-state index contributed by atoms with van der Waals surface area (Å²) in [5.41, 5.74) is -0.451. The molecule has 1 unspecified atom stereocenters. The SMILES string of the molecule is CCN(CC)C(C)CNC(=NC)NC1CN(C(=O)OC(C)(C)C)C1.I. The molecular formula is C17H36IN5O2. The van der Waals surface area contributed by atoms with Crippen LogP contribution in [0.3, 0.4) is 0 Å². The maximum absolute atomic E-state index is 11.9. The zero-order chi connectivity index (χ0) is 18.3. The van der Waals surface area contributed by atoms with E-state index in [0.717, 1.165) is 25.6 Å². The lowest BCUT2D eigenvalue weighted by molar-refractivity contribution is 0.00700. The average Bonchev–Trinajstić information content (AvgIpc) is 2.44. The molecule has 0 spiro atoms. The molecule has 2 N–H and O–H groups in total. The number of carbonyl (C=O) groups excluding carboxylic acids is 1. The first-order chi connectivity index (χ1) is 11.2. The van der Waals surface area contributed by atoms with E-state index < -0.39 is 5.60 Å². The lowest BCUT2D eigenvalue weighted by atomic mass is 10.1. The fourth-order valence-corrected chi connectivity index (χ4v) is 2.65. The Morgan fingerprint density at radius 3 is 2.32 bits per heavy atom. The van der Waals surface area contributed by atoms with Gasteiger partial charge in [-0.1, -0.05) is 13.8 Å². The first kappa shape index (κ1) is 24.2. The van der Waals surface area contributed by atoms with E-state index in [2.05, 4.69) is 41.3 Å². The number of carbonyl (C=O) groups is 1. The normalized spacial score (nSPS) is 16.8. The van der Waals surface area contributed by atoms with Crippen LogP contribution in [0.5, 0.6) is 0 Å². The summed E-state index contributed by atoms with van der Waals surface area (Å²) in [4.78, 5) is 20.3. The van der Waals surface area contributed by atoms with Crippen LogP contribution in [0, 0.1) is 0 Å². The molecular weight excluding hydrogens is 433 g/mol. The first-order valence-electron chi connectivity index (χ1n) is 8.89. The number of hydrogen-bond acceptors (Lipinski definition) is 4. The second-order valence-electron chi connectivity index (χ2n) is 7.25. The molecule has 0 aliphatic carbocycles. The molecule has 8 heteroatoms. The fourth-order valence-electron chi connectivity index (χ4n) is 2.65. The van der Waals surface area contributed by atoms with Crippen molar-refractivity contribution in [3.8, 4) is 0 Å². The second-order valence-corrected chi connectivity index (χ2v) is 7.25. The number of nitrogens with zero attached hydrogens (tertiary/aromatic N) is 3. The molecule has 0 radical (unpaired) electrons. The smallest absolute Gasteiger partial charge is 0.410 e. The molecule has 148 valence electrons. The Hall–Kier alpha value is -0.770. The number of halogens is 1. The van der Waals surface area contributed by atoms with Gasteiger partial charge < -0.3 is 20.3 Å². The van der Waals surface area contributed by atoms with Gasteiger partial charge in [0.25, 0.3) is 0 Å². The van der Waals surface area contributed by atoms with Crippen LogP contribution in [0.1, 0.15) is 41.5 Å². The minimum Gasteiger partial charge on any atom is -0.444 e. The van der Waals surface area contributed by atoms with Crippen molar-refractivity contribution in [2.75, 3.05) is 39.8 Å². The van der Waals surface area contributed by atoms with Crippen LogP contribution >= 0.6 is 24.0 Å². The highest BCUT2D eigenvalue weighted by Gasteiger charge is 2.34. The lowest BCUT2D eigenvalue weighted by Gasteiger charge is -2.40. The number of hydrogen-bond donors (Lipinski definition) is 2. The van der Waals surface area contributed by atoms with Crippen LogP contribution < -0.4 is 10.6 Å². The first-order valence-corrected chi connectivity index (χ1v) is 8.89. The molecule has 1 fully saturated rings. The Morgan fingerprint density at radius 1 is 1.32 bits per heavy atom. The minimum absolute atomic E-state index is 0. The van der Waals surface area contributed by atoms with E-state index in [-0.39, 0.29) is 36.1 Å². The quantitative estimate of drug-likeness (QED) is 0.355. The van der Waals surface area contributed by atoms with Crippen LogP contribution in [0.4, 0.5) is 4.79 Å². The second kappa shape index (κ2) is 11.1. The highest BCUT2D eigenvalue weighted by Crippen LogP contribution is 2.15. The molecule has 0 aromatic rings. The van der Waals surface area contributed by atoms with Gasteiger partial charge in [-0.15, -0.1) is 24.0 Å². The van der Waals surface area contributed by atoms with Gasteiger partial charge in [-0.3, -0.25) is 9.89 Å². The van der Waals surface area contributed by atoms with Crippen LogP contribution in [0.2, 0.25) is 0 Å². The number of rotatable bonds is 6. The number of amides is 1. The highest BCUT2D eigenvalue weighted by molar-refractivity contribution is 14.0. The molecule has 1 aliphatic heterocycles. The van der Waals surface area contributed by atoms with E-state index in [9.17, 15) is 4.79 Å². The highest BCUT2D eigenvalue weighted by atomic mass is 127. The van der Waals surface area contributed by atoms with E-state index >= 15 is 0 Å². The van der Waals surface area contributed by atoms with Crippen molar-refractivity contribution in [2.45, 2.75) is 59.2 Å². The van der Waals surface area contributed by atoms with Gasteiger partial charge in [-0.2, -0.15) is 0 Å². The summed E-state index contributed by atoms with van der Waals surface area (Å²) >= 11 is 0. The number of likely N-dealkylation sites (tertiary alicyclic amines) is 1. The van der Waals surface area contributed by atoms with Gasteiger partial charge in [-0.25, -0.2) is 4.79 Å². The zero-order valence-corrected chi connectivity index (χ0v) is 19.1. The maximum Gasteiger partial charge on any atom is 0.410 e. The van der Waals surface area contributed by atoms with Gasteiger partial charge in [0.15, 0.2) is 5.96 Å². The summed E-state index contributed by atoms with van der Waals surface area (Å²) in [5, 5.41) is 6.71. The van der Waals surface area contributed by atoms with Gasteiger partial charge in [0, 0.05) is 32.7 Å². The Kier molecular flexibility index (Phi) is 10.7. The Morgan fingerprint density at radius 2 is 1.88 bits per heavy atom. The van der Waals surface area contributed by atoms with E-state index in [1.807, 2.05) is 20.8 Å². The van der Waals surface area contributed by atoms with E-state index in [4.69, 9.17) is 4.74 Å². The molecule has 1 saturated heterocycles. The summed E-state index contributed by atoms with van der Waals surface area (Å²) in [7, 11) is 1.77. The average molecular weight is 469 g/mol. The van der Waals surface area contributed by atoms with Gasteiger partial charge in [0.2, 0.25) is 0 Å². The molecule has 1 heterocycles. The summed E-state index contributed by atoms with van der Waals surface area (Å²) in [6.07, 6.45) is -0.251. The third kappa shape index (κ3) is 8.44. The Balaban J connectivity index is 0.00000576. The monoisotopic (exact) mass is 469 g/mol. The molecule has 0 saturated carbocycles. The van der Waals surface area contributed by atoms with Crippen LogP contribution in [-0.4, -0.2) is 79.3 Å². The Labute approximate surface area is 170 Å². The van der Waals surface area contributed by atoms with Gasteiger partial charge >= 0.3 is 6.09 Å². The minimum atomic E-state index is -0.451. The molecule has 1 aliphatic rings. The molecule has 0 aromatic heterocycles. The van der Waals surface area contributed by atoms with Crippen LogP contribution in [0.15, 0.2) is 4.99 Å². The van der Waals surface area contributed by atoms with Crippen molar-refractivity contribution in [1.82, 2.24) is 20.4 Å². The van der Waals surface area contributed by atoms with Crippen molar-refractivity contribution >= 4 is 36.0 Å². The predicted molar refractivity (Wildman–Crippen MR) is 114 cm³/mol. The summed E-state index contributed by atoms with van der Waals surface area (Å²) < 4.78 is 5.36. The van der Waals surface area contributed by atoms with Gasteiger partial charge in [-0.05, 0) is 40.8 Å². The van der Waals surface area contributed by atoms with Crippen molar-refractivity contribution in [2.24, 2.45) is 4.99 Å². The molecule has 1 rings (SSSR count). The van der Waals surface area contributed by atoms with Crippen LogP contribution in [-0.2, 0) is 4.74 Å². The van der Waals surface area contributed by atoms with Crippen LogP contribution in [0.25, 0.3) is 0 Å². The fraction of sp³-hybridized carbons (Fsp3) is 0.882. The number of nitrogens with one attached hydrogen (secondary N) is 2. The van der Waals surface area contributed by atoms with E-state index in [1.165, 1.54) is 0 Å². The third-order valence-corrected chi connectivity index (χ3v) is 4.10. The molecule has 0 aromatic carbocycles. The number of likely N-dealkylation sites (N-methyl/N-ethyl adjacent to an activating group) is 1. The van der Waals surface area contributed by atoms with Gasteiger partial charge in [0.1, 0.15) is 5.60 Å². The molecule has 7 nitrogen and oxygen atoms in total. The Bertz CT molecular complexity index is 429. The van der Waals surface area contributed by atoms with Crippen molar-refractivity contribution in [3.05, 3.63) is 0 Å². The number of guanidine groups is 1. The molecule has 25 heavy (non-hydrogen) atoms. The van der Waals surface area contributed by atoms with Crippen molar-refractivity contribution in [1.29, 1.82) is 0 Å². The number of aliphatic imine (C=N–C) groups is 1. The summed E-state index contributed by atoms with van der Waals surface area (Å²) in [6, 6.07) is 0.658. The van der Waals surface area contributed by atoms with E-state index in [1.54, 1.807) is 11.9 Å². The molecule has 1 amide bonds. The number of ether oxygens (including phenoxy) is 1. The largest absolute Gasteiger partial charge is 0.444 e. The standard InChI is InChI=1S/C17H35N5O2.HI/c1-8-21(9-2)13(3)10-19-15(18-7)20-14-11-22(12-14)16(23)24-17(4,5)6;/h13-14H,8-12H2,1-7H3,(H2,18,19,20);1H. The molecule has 1 atom stereocenters. The van der Waals surface area contributed by atoms with E-state index in [0.29, 0.717) is 19.1 Å².